The lowest BCUT2D eigenvalue weighted by atomic mass is 9.96. The van der Waals surface area contributed by atoms with Crippen molar-refractivity contribution in [2.24, 2.45) is 0 Å². The van der Waals surface area contributed by atoms with Crippen LogP contribution in [0, 0.1) is 0 Å². The van der Waals surface area contributed by atoms with Crippen LogP contribution in [0.15, 0.2) is 18.2 Å². The van der Waals surface area contributed by atoms with Crippen molar-refractivity contribution in [3.63, 3.8) is 0 Å². The zero-order valence-electron chi connectivity index (χ0n) is 12.1. The van der Waals surface area contributed by atoms with Crippen molar-refractivity contribution in [3.8, 4) is 5.75 Å². The van der Waals surface area contributed by atoms with E-state index in [1.54, 1.807) is 14.2 Å². The summed E-state index contributed by atoms with van der Waals surface area (Å²) in [5.74, 6) is 0.484. The largest absolute Gasteiger partial charge is 0.496 e. The second-order valence-electron chi connectivity index (χ2n) is 5.02. The summed E-state index contributed by atoms with van der Waals surface area (Å²) in [5.41, 5.74) is 2.29. The molecule has 1 rings (SSSR count). The summed E-state index contributed by atoms with van der Waals surface area (Å²) in [5, 5.41) is 11.9. The number of carboxylic acid groups (broad SMARTS) is 1. The van der Waals surface area contributed by atoms with E-state index in [0.717, 1.165) is 16.9 Å². The molecule has 1 aromatic rings. The minimum Gasteiger partial charge on any atom is -0.496 e. The van der Waals surface area contributed by atoms with Crippen molar-refractivity contribution >= 4 is 5.97 Å². The van der Waals surface area contributed by atoms with Crippen molar-refractivity contribution in [3.05, 3.63) is 29.3 Å². The fourth-order valence-corrected chi connectivity index (χ4v) is 2.13. The molecule has 1 atom stereocenters. The zero-order valence-corrected chi connectivity index (χ0v) is 12.1. The van der Waals surface area contributed by atoms with Crippen LogP contribution < -0.4 is 10.1 Å². The quantitative estimate of drug-likeness (QED) is 0.795. The highest BCUT2D eigenvalue weighted by Crippen LogP contribution is 2.27. The predicted octanol–water partition coefficient (Wildman–Crippen LogP) is 2.42. The topological polar surface area (TPSA) is 58.6 Å². The summed E-state index contributed by atoms with van der Waals surface area (Å²) in [6, 6.07) is 6.01. The van der Waals surface area contributed by atoms with Gasteiger partial charge in [-0.15, -0.1) is 0 Å². The Morgan fingerprint density at radius 1 is 1.42 bits per heavy atom. The van der Waals surface area contributed by atoms with Crippen LogP contribution in [0.2, 0.25) is 0 Å². The maximum atomic E-state index is 10.8. The number of ether oxygens (including phenoxy) is 1. The summed E-state index contributed by atoms with van der Waals surface area (Å²) < 4.78 is 5.35. The normalized spacial score (nSPS) is 12.5. The van der Waals surface area contributed by atoms with Gasteiger partial charge in [-0.25, -0.2) is 0 Å². The SMILES string of the molecule is CNC(CC(=O)O)Cc1ccc(OC)c(C(C)C)c1. The summed E-state index contributed by atoms with van der Waals surface area (Å²) in [4.78, 5) is 10.8. The second kappa shape index (κ2) is 7.14. The number of rotatable bonds is 7. The van der Waals surface area contributed by atoms with Gasteiger partial charge in [0.05, 0.1) is 13.5 Å². The Hall–Kier alpha value is -1.55. The lowest BCUT2D eigenvalue weighted by Crippen LogP contribution is -2.30. The molecule has 4 nitrogen and oxygen atoms in total. The first-order valence-electron chi connectivity index (χ1n) is 6.53. The average Bonchev–Trinajstić information content (AvgIpc) is 2.37. The Labute approximate surface area is 114 Å². The molecule has 4 heteroatoms. The monoisotopic (exact) mass is 265 g/mol. The first-order chi connectivity index (χ1) is 8.97. The summed E-state index contributed by atoms with van der Waals surface area (Å²) >= 11 is 0. The van der Waals surface area contributed by atoms with Crippen LogP contribution in [-0.2, 0) is 11.2 Å². The van der Waals surface area contributed by atoms with Crippen LogP contribution in [0.25, 0.3) is 0 Å². The van der Waals surface area contributed by atoms with Gasteiger partial charge in [-0.1, -0.05) is 26.0 Å². The van der Waals surface area contributed by atoms with Gasteiger partial charge in [-0.3, -0.25) is 4.79 Å². The molecule has 0 aliphatic carbocycles. The van der Waals surface area contributed by atoms with E-state index >= 15 is 0 Å². The highest BCUT2D eigenvalue weighted by atomic mass is 16.5. The van der Waals surface area contributed by atoms with E-state index in [1.807, 2.05) is 12.1 Å². The first-order valence-corrected chi connectivity index (χ1v) is 6.53. The number of carboxylic acids is 1. The van der Waals surface area contributed by atoms with Gasteiger partial charge in [-0.05, 0) is 36.6 Å². The Balaban J connectivity index is 2.89. The molecule has 0 bridgehead atoms. The van der Waals surface area contributed by atoms with Crippen LogP contribution in [0.4, 0.5) is 0 Å². The lowest BCUT2D eigenvalue weighted by molar-refractivity contribution is -0.137. The van der Waals surface area contributed by atoms with Crippen LogP contribution >= 0.6 is 0 Å². The average molecular weight is 265 g/mol. The van der Waals surface area contributed by atoms with E-state index in [2.05, 4.69) is 25.2 Å². The number of benzene rings is 1. The molecule has 0 aromatic heterocycles. The zero-order chi connectivity index (χ0) is 14.4. The highest BCUT2D eigenvalue weighted by molar-refractivity contribution is 5.67. The minimum absolute atomic E-state index is 0.0501. The van der Waals surface area contributed by atoms with E-state index in [-0.39, 0.29) is 12.5 Å². The van der Waals surface area contributed by atoms with Gasteiger partial charge in [0, 0.05) is 6.04 Å². The van der Waals surface area contributed by atoms with Crippen LogP contribution in [0.1, 0.15) is 37.3 Å². The Kier molecular flexibility index (Phi) is 5.83. The van der Waals surface area contributed by atoms with Crippen molar-refractivity contribution in [1.29, 1.82) is 0 Å². The molecule has 0 saturated heterocycles. The van der Waals surface area contributed by atoms with E-state index in [4.69, 9.17) is 9.84 Å². The molecule has 0 heterocycles. The number of methoxy groups -OCH3 is 1. The van der Waals surface area contributed by atoms with Gasteiger partial charge in [0.1, 0.15) is 5.75 Å². The molecule has 1 aromatic carbocycles. The van der Waals surface area contributed by atoms with Gasteiger partial charge >= 0.3 is 5.97 Å². The number of aliphatic carboxylic acids is 1. The summed E-state index contributed by atoms with van der Waals surface area (Å²) in [6.45, 7) is 4.24. The van der Waals surface area contributed by atoms with Gasteiger partial charge < -0.3 is 15.2 Å². The van der Waals surface area contributed by atoms with Crippen molar-refractivity contribution in [2.45, 2.75) is 38.6 Å². The lowest BCUT2D eigenvalue weighted by Gasteiger charge is -2.17. The Morgan fingerprint density at radius 3 is 2.58 bits per heavy atom. The van der Waals surface area contributed by atoms with Crippen LogP contribution in [0.5, 0.6) is 5.75 Å². The smallest absolute Gasteiger partial charge is 0.304 e. The summed E-state index contributed by atoms with van der Waals surface area (Å²) in [7, 11) is 3.46. The van der Waals surface area contributed by atoms with Crippen molar-refractivity contribution in [2.75, 3.05) is 14.2 Å². The van der Waals surface area contributed by atoms with Gasteiger partial charge in [0.15, 0.2) is 0 Å². The molecule has 0 aliphatic rings. The predicted molar refractivity (Wildman–Crippen MR) is 75.9 cm³/mol. The molecular weight excluding hydrogens is 242 g/mol. The highest BCUT2D eigenvalue weighted by Gasteiger charge is 2.14. The van der Waals surface area contributed by atoms with Crippen LogP contribution in [0.3, 0.4) is 0 Å². The van der Waals surface area contributed by atoms with Gasteiger partial charge in [0.2, 0.25) is 0 Å². The molecule has 0 saturated carbocycles. The minimum atomic E-state index is -0.781. The molecule has 2 N–H and O–H groups in total. The standard InChI is InChI=1S/C15H23NO3/c1-10(2)13-8-11(5-6-14(13)19-4)7-12(16-3)9-15(17)18/h5-6,8,10,12,16H,7,9H2,1-4H3,(H,17,18). The first kappa shape index (κ1) is 15.5. The molecule has 0 fully saturated rings. The number of likely N-dealkylation sites (N-methyl/N-ethyl adjacent to an activating group) is 1. The third-order valence-electron chi connectivity index (χ3n) is 3.23. The number of nitrogens with one attached hydrogen (secondary N) is 1. The third-order valence-corrected chi connectivity index (χ3v) is 3.23. The Bertz CT molecular complexity index is 429. The van der Waals surface area contributed by atoms with Crippen molar-refractivity contribution in [1.82, 2.24) is 5.32 Å². The molecule has 0 spiro atoms. The van der Waals surface area contributed by atoms with E-state index in [0.29, 0.717) is 12.3 Å². The fourth-order valence-electron chi connectivity index (χ4n) is 2.13. The third kappa shape index (κ3) is 4.56. The summed E-state index contributed by atoms with van der Waals surface area (Å²) in [6.07, 6.45) is 0.825. The number of carbonyl (C=O) groups is 1. The maximum Gasteiger partial charge on any atom is 0.304 e. The van der Waals surface area contributed by atoms with Crippen LogP contribution in [-0.4, -0.2) is 31.3 Å². The molecule has 106 valence electrons. The molecule has 0 amide bonds. The molecule has 0 radical (unpaired) electrons. The second-order valence-corrected chi connectivity index (χ2v) is 5.02. The van der Waals surface area contributed by atoms with E-state index < -0.39 is 5.97 Å². The molecule has 0 aliphatic heterocycles. The number of hydrogen-bond donors (Lipinski definition) is 2. The molecule has 19 heavy (non-hydrogen) atoms. The van der Waals surface area contributed by atoms with Gasteiger partial charge in [-0.2, -0.15) is 0 Å². The van der Waals surface area contributed by atoms with Gasteiger partial charge in [0.25, 0.3) is 0 Å². The fraction of sp³-hybridized carbons (Fsp3) is 0.533. The van der Waals surface area contributed by atoms with Crippen molar-refractivity contribution < 1.29 is 14.6 Å². The maximum absolute atomic E-state index is 10.8. The van der Waals surface area contributed by atoms with E-state index in [9.17, 15) is 4.79 Å². The Morgan fingerprint density at radius 2 is 2.11 bits per heavy atom. The molecular formula is C15H23NO3. The number of hydrogen-bond acceptors (Lipinski definition) is 3. The molecule has 1 unspecified atom stereocenters. The van der Waals surface area contributed by atoms with E-state index in [1.165, 1.54) is 0 Å².